The van der Waals surface area contributed by atoms with Gasteiger partial charge >= 0.3 is 0 Å². The Labute approximate surface area is 76.0 Å². The van der Waals surface area contributed by atoms with Gasteiger partial charge in [0, 0.05) is 11.8 Å². The van der Waals surface area contributed by atoms with E-state index in [9.17, 15) is 5.11 Å². The molecule has 1 aliphatic heterocycles. The van der Waals surface area contributed by atoms with Crippen molar-refractivity contribution in [1.82, 2.24) is 4.98 Å². The van der Waals surface area contributed by atoms with Crippen molar-refractivity contribution in [2.75, 3.05) is 0 Å². The minimum Gasteiger partial charge on any atom is -0.468 e. The van der Waals surface area contributed by atoms with Gasteiger partial charge < -0.3 is 9.84 Å². The Hall–Kier alpha value is -1.61. The molecule has 0 saturated carbocycles. The second kappa shape index (κ2) is 3.41. The summed E-state index contributed by atoms with van der Waals surface area (Å²) in [5.74, 6) is 0. The van der Waals surface area contributed by atoms with Crippen molar-refractivity contribution < 1.29 is 9.84 Å². The van der Waals surface area contributed by atoms with E-state index in [4.69, 9.17) is 4.74 Å². The van der Waals surface area contributed by atoms with E-state index >= 15 is 0 Å². The molecule has 1 aromatic rings. The van der Waals surface area contributed by atoms with Crippen LogP contribution in [-0.2, 0) is 4.74 Å². The van der Waals surface area contributed by atoms with E-state index in [0.717, 1.165) is 5.69 Å². The highest BCUT2D eigenvalue weighted by atomic mass is 16.6. The summed E-state index contributed by atoms with van der Waals surface area (Å²) in [5.41, 5.74) is 1.42. The quantitative estimate of drug-likeness (QED) is 0.700. The minimum atomic E-state index is -0.903. The molecule has 0 aromatic carbocycles. The second-order valence-electron chi connectivity index (χ2n) is 2.65. The summed E-state index contributed by atoms with van der Waals surface area (Å²) < 4.78 is 4.91. The Bertz CT molecular complexity index is 343. The van der Waals surface area contributed by atoms with Crippen molar-refractivity contribution in [3.63, 3.8) is 0 Å². The topological polar surface area (TPSA) is 42.4 Å². The first kappa shape index (κ1) is 8.01. The smallest absolute Gasteiger partial charge is 0.225 e. The van der Waals surface area contributed by atoms with Crippen LogP contribution in [-0.4, -0.2) is 16.4 Å². The third-order valence-electron chi connectivity index (χ3n) is 1.79. The number of ether oxygens (including phenoxy) is 1. The van der Waals surface area contributed by atoms with Gasteiger partial charge in [-0.3, -0.25) is 4.98 Å². The van der Waals surface area contributed by atoms with E-state index in [1.54, 1.807) is 18.3 Å². The molecule has 3 nitrogen and oxygen atoms in total. The van der Waals surface area contributed by atoms with Gasteiger partial charge in [-0.2, -0.15) is 0 Å². The number of rotatable bonds is 1. The molecule has 0 spiro atoms. The number of aromatic nitrogens is 1. The molecular weight excluding hydrogens is 166 g/mol. The van der Waals surface area contributed by atoms with E-state index in [0.29, 0.717) is 5.57 Å². The minimum absolute atomic E-state index is 0.683. The number of allylic oxidation sites excluding steroid dienone is 2. The van der Waals surface area contributed by atoms with Crippen LogP contribution in [0.1, 0.15) is 5.69 Å². The summed E-state index contributed by atoms with van der Waals surface area (Å²) in [5, 5.41) is 9.44. The highest BCUT2D eigenvalue weighted by molar-refractivity contribution is 5.67. The van der Waals surface area contributed by atoms with Crippen LogP contribution in [0.5, 0.6) is 0 Å². The van der Waals surface area contributed by atoms with Crippen molar-refractivity contribution in [1.29, 1.82) is 0 Å². The van der Waals surface area contributed by atoms with Crippen molar-refractivity contribution in [2.24, 2.45) is 0 Å². The van der Waals surface area contributed by atoms with Gasteiger partial charge in [-0.15, -0.1) is 0 Å². The lowest BCUT2D eigenvalue weighted by Crippen LogP contribution is -2.13. The van der Waals surface area contributed by atoms with Gasteiger partial charge in [0.1, 0.15) is 0 Å². The molecule has 1 atom stereocenters. The Morgan fingerprint density at radius 3 is 3.00 bits per heavy atom. The maximum atomic E-state index is 9.44. The first-order valence-electron chi connectivity index (χ1n) is 3.99. The predicted molar refractivity (Wildman–Crippen MR) is 48.4 cm³/mol. The van der Waals surface area contributed by atoms with Gasteiger partial charge in [0.05, 0.1) is 12.0 Å². The number of nitrogens with zero attached hydrogens (tertiary/aromatic N) is 1. The van der Waals surface area contributed by atoms with Crippen LogP contribution in [0.15, 0.2) is 42.8 Å². The molecule has 0 radical (unpaired) electrons. The Morgan fingerprint density at radius 1 is 1.38 bits per heavy atom. The monoisotopic (exact) mass is 175 g/mol. The zero-order valence-electron chi connectivity index (χ0n) is 6.92. The second-order valence-corrected chi connectivity index (χ2v) is 2.65. The van der Waals surface area contributed by atoms with E-state index in [2.05, 4.69) is 4.98 Å². The third-order valence-corrected chi connectivity index (χ3v) is 1.79. The maximum Gasteiger partial charge on any atom is 0.225 e. The molecule has 3 heteroatoms. The van der Waals surface area contributed by atoms with Crippen LogP contribution in [0, 0.1) is 0 Å². The van der Waals surface area contributed by atoms with Crippen molar-refractivity contribution in [2.45, 2.75) is 6.29 Å². The lowest BCUT2D eigenvalue weighted by Gasteiger charge is -2.16. The summed E-state index contributed by atoms with van der Waals surface area (Å²) in [7, 11) is 0. The molecule has 0 bridgehead atoms. The predicted octanol–water partition coefficient (Wildman–Crippen LogP) is 1.33. The number of aliphatic hydroxyl groups is 1. The average Bonchev–Trinajstić information content (AvgIpc) is 2.20. The fourth-order valence-electron chi connectivity index (χ4n) is 1.16. The van der Waals surface area contributed by atoms with Gasteiger partial charge in [-0.05, 0) is 24.3 Å². The molecule has 2 heterocycles. The summed E-state index contributed by atoms with van der Waals surface area (Å²) >= 11 is 0. The Balaban J connectivity index is 2.35. The molecule has 0 amide bonds. The molecule has 1 unspecified atom stereocenters. The highest BCUT2D eigenvalue weighted by Crippen LogP contribution is 2.19. The SMILES string of the molecule is OC1OC=CC=C1c1ccccn1. The summed E-state index contributed by atoms with van der Waals surface area (Å²) in [4.78, 5) is 4.11. The Morgan fingerprint density at radius 2 is 2.31 bits per heavy atom. The molecule has 0 fully saturated rings. The van der Waals surface area contributed by atoms with Gasteiger partial charge in [-0.25, -0.2) is 0 Å². The van der Waals surface area contributed by atoms with Crippen LogP contribution < -0.4 is 0 Å². The largest absolute Gasteiger partial charge is 0.468 e. The third kappa shape index (κ3) is 1.60. The van der Waals surface area contributed by atoms with E-state index in [1.165, 1.54) is 6.26 Å². The normalized spacial score (nSPS) is 20.7. The zero-order valence-corrected chi connectivity index (χ0v) is 6.92. The van der Waals surface area contributed by atoms with Crippen molar-refractivity contribution in [3.8, 4) is 0 Å². The summed E-state index contributed by atoms with van der Waals surface area (Å²) in [6.45, 7) is 0. The number of pyridine rings is 1. The van der Waals surface area contributed by atoms with E-state index < -0.39 is 6.29 Å². The molecule has 1 N–H and O–H groups in total. The van der Waals surface area contributed by atoms with Gasteiger partial charge in [-0.1, -0.05) is 6.07 Å². The average molecular weight is 175 g/mol. The molecular formula is C10H9NO2. The Kier molecular flexibility index (Phi) is 2.10. The number of hydrogen-bond acceptors (Lipinski definition) is 3. The lowest BCUT2D eigenvalue weighted by atomic mass is 10.1. The van der Waals surface area contributed by atoms with Crippen LogP contribution in [0.3, 0.4) is 0 Å². The van der Waals surface area contributed by atoms with E-state index in [-0.39, 0.29) is 0 Å². The van der Waals surface area contributed by atoms with Gasteiger partial charge in [0.15, 0.2) is 0 Å². The molecule has 0 saturated heterocycles. The molecule has 66 valence electrons. The maximum absolute atomic E-state index is 9.44. The summed E-state index contributed by atoms with van der Waals surface area (Å²) in [6.07, 6.45) is 5.76. The first-order chi connectivity index (χ1) is 6.38. The van der Waals surface area contributed by atoms with Crippen molar-refractivity contribution in [3.05, 3.63) is 48.5 Å². The highest BCUT2D eigenvalue weighted by Gasteiger charge is 2.15. The fraction of sp³-hybridized carbons (Fsp3) is 0.100. The standard InChI is InChI=1S/C10H9NO2/c12-10-8(4-3-7-13-10)9-5-1-2-6-11-9/h1-7,10,12H. The molecule has 0 aliphatic carbocycles. The molecule has 2 rings (SSSR count). The van der Waals surface area contributed by atoms with Crippen LogP contribution in [0.2, 0.25) is 0 Å². The fourth-order valence-corrected chi connectivity index (χ4v) is 1.16. The van der Waals surface area contributed by atoms with E-state index in [1.807, 2.05) is 18.2 Å². The van der Waals surface area contributed by atoms with Crippen molar-refractivity contribution >= 4 is 5.57 Å². The van der Waals surface area contributed by atoms with Gasteiger partial charge in [0.25, 0.3) is 0 Å². The molecule has 1 aliphatic rings. The first-order valence-corrected chi connectivity index (χ1v) is 3.99. The summed E-state index contributed by atoms with van der Waals surface area (Å²) in [6, 6.07) is 5.53. The van der Waals surface area contributed by atoms with Crippen LogP contribution >= 0.6 is 0 Å². The molecule has 1 aromatic heterocycles. The number of aliphatic hydroxyl groups excluding tert-OH is 1. The lowest BCUT2D eigenvalue weighted by molar-refractivity contribution is -0.00469. The van der Waals surface area contributed by atoms with Gasteiger partial charge in [0.2, 0.25) is 6.29 Å². The van der Waals surface area contributed by atoms with Crippen LogP contribution in [0.4, 0.5) is 0 Å². The zero-order chi connectivity index (χ0) is 9.10. The molecule has 13 heavy (non-hydrogen) atoms. The number of hydrogen-bond donors (Lipinski definition) is 1. The van der Waals surface area contributed by atoms with Crippen LogP contribution in [0.25, 0.3) is 5.57 Å².